The normalized spacial score (nSPS) is 32.2. The number of ether oxygens (including phenoxy) is 6. The zero-order chi connectivity index (χ0) is 84.4. The van der Waals surface area contributed by atoms with Crippen LogP contribution in [-0.4, -0.2) is 377 Å². The van der Waals surface area contributed by atoms with E-state index in [0.29, 0.717) is 53.7 Å². The van der Waals surface area contributed by atoms with Gasteiger partial charge in [-0.3, -0.25) is 24.1 Å². The van der Waals surface area contributed by atoms with Gasteiger partial charge in [-0.05, 0) is 149 Å². The van der Waals surface area contributed by atoms with E-state index in [1.54, 1.807) is 43.3 Å². The van der Waals surface area contributed by atoms with E-state index in [9.17, 15) is 70.2 Å². The van der Waals surface area contributed by atoms with E-state index in [1.165, 1.54) is 45.5 Å². The second-order valence-electron chi connectivity index (χ2n) is 32.4. The van der Waals surface area contributed by atoms with Crippen LogP contribution in [0, 0.1) is 11.8 Å². The van der Waals surface area contributed by atoms with Crippen LogP contribution in [0.5, 0.6) is 0 Å². The molecule has 112 heavy (non-hydrogen) atoms. The molecular weight excluding hydrogens is 1560 g/mol. The molecule has 0 bridgehead atoms. The van der Waals surface area contributed by atoms with Crippen molar-refractivity contribution in [2.45, 2.75) is 162 Å². The summed E-state index contributed by atoms with van der Waals surface area (Å²) in [6.07, 6.45) is 23.9. The number of methoxy groups -OCH3 is 1. The third-order valence-electron chi connectivity index (χ3n) is 19.5. The Balaban J connectivity index is 0.000000218. The van der Waals surface area contributed by atoms with Gasteiger partial charge in [0.25, 0.3) is 23.6 Å². The van der Waals surface area contributed by atoms with E-state index in [-0.39, 0.29) is 52.7 Å². The molecule has 10 rings (SSSR count). The quantitative estimate of drug-likeness (QED) is 0.0408. The van der Waals surface area contributed by atoms with Crippen LogP contribution in [0.3, 0.4) is 0 Å². The van der Waals surface area contributed by atoms with Gasteiger partial charge in [0.15, 0.2) is 30.0 Å². The molecule has 10 aliphatic heterocycles. The molecular formula is C76H123N10O20P5S. The van der Waals surface area contributed by atoms with Crippen LogP contribution in [0.15, 0.2) is 122 Å². The molecule has 30 nitrogen and oxygen atoms in total. The topological polar surface area (TPSA) is 402 Å². The molecule has 0 aromatic heterocycles. The molecule has 10 heterocycles. The van der Waals surface area contributed by atoms with Crippen LogP contribution < -0.4 is 26.6 Å². The smallest absolute Gasteiger partial charge is 0.266 e. The fraction of sp³-hybridized carbons (Fsp3) is 0.579. The average molecular weight is 1680 g/mol. The van der Waals surface area contributed by atoms with Crippen molar-refractivity contribution in [3.8, 4) is 11.8 Å². The Kier molecular flexibility index (Phi) is 34.2. The summed E-state index contributed by atoms with van der Waals surface area (Å²) in [4.78, 5) is 54.0. The van der Waals surface area contributed by atoms with Crippen molar-refractivity contribution < 1.29 is 98.7 Å². The standard InChI is InChI=1S/C17H25N2O4P.C15H25N2O5P.2C15H25N2O4P.C14H23N2O3PS/c1-6-7-12-10-19(11(2)18-16(12)22)17-15(21)14(20)13(23-17)8-9-24(3,4)5;1-9-16-14(21)10(8-18)7-17(9)15-13(20)12(19)11(22-15)5-6-23(2,3)4;1-10-16-12(18)6-8-17(10)15-14(20-2)13(19)11(21-15)7-9-22(3,4)5;1-10-16(2)12(18)6-8-17(10)15-14(20)13(19)11(21-15)7-9-22(3,4)5;1-8-9(7-15-14(21)16-8)13-12(18)11(17)10(19-13)5-6-20(2,3)4/h10,13-15,17,20-21H,2-3,8-9H2,1,4-5H3,(H,18,22);7,11-13,15,18-20H,1-2,5-6,8H2,3-4H3,(H,16,21);6,8,11,13-15,19H,1,3,7,9H2,2,4-5H3,(H,16,18);6,8,11,13-15,19-20H,1,3,7,9H2,2,4-5H3;7,10-13,17-18H,1-2,5-6H2,3-4H3,(H2,15,16,21)/t13-,14-,15-,17?;11-,12-,13-,15?;2*11-,13-,14-,15?;10-,11-,12-,13?/m11111/s1. The lowest BCUT2D eigenvalue weighted by Gasteiger charge is -2.36. The predicted octanol–water partition coefficient (Wildman–Crippen LogP) is 0.999. The van der Waals surface area contributed by atoms with Gasteiger partial charge in [0.05, 0.1) is 42.7 Å². The van der Waals surface area contributed by atoms with Crippen molar-refractivity contribution in [1.82, 2.24) is 51.1 Å². The van der Waals surface area contributed by atoms with Crippen molar-refractivity contribution in [3.05, 3.63) is 122 Å². The number of likely N-dealkylation sites (N-methyl/N-ethyl adjacent to an activating group) is 1. The first-order chi connectivity index (χ1) is 51.8. The summed E-state index contributed by atoms with van der Waals surface area (Å²) in [6.45, 7) is 35.4. The van der Waals surface area contributed by atoms with Gasteiger partial charge in [-0.25, -0.2) is 0 Å². The summed E-state index contributed by atoms with van der Waals surface area (Å²) in [5.41, 5.74) is 1.65. The van der Waals surface area contributed by atoms with Gasteiger partial charge in [0.1, 0.15) is 96.0 Å². The summed E-state index contributed by atoms with van der Waals surface area (Å²) >= 11 is 4.99. The molecule has 0 aliphatic carbocycles. The summed E-state index contributed by atoms with van der Waals surface area (Å²) in [7, 11) is 3.14. The van der Waals surface area contributed by atoms with E-state index in [0.717, 1.165) is 37.2 Å². The minimum absolute atomic E-state index is 0.135. The molecule has 628 valence electrons. The Morgan fingerprint density at radius 2 is 0.884 bits per heavy atom. The Labute approximate surface area is 666 Å². The molecule has 15 N–H and O–H groups in total. The predicted molar refractivity (Wildman–Crippen MR) is 457 cm³/mol. The summed E-state index contributed by atoms with van der Waals surface area (Å²) in [5, 5.41) is 116. The third-order valence-corrected chi connectivity index (χ3v) is 27.0. The van der Waals surface area contributed by atoms with E-state index in [4.69, 9.17) is 40.6 Å². The van der Waals surface area contributed by atoms with Crippen molar-refractivity contribution in [2.24, 2.45) is 0 Å². The van der Waals surface area contributed by atoms with Gasteiger partial charge in [-0.2, -0.15) is 0 Å². The monoisotopic (exact) mass is 1680 g/mol. The summed E-state index contributed by atoms with van der Waals surface area (Å²) in [5.74, 6) is 5.50. The number of hydrogen-bond acceptors (Lipinski definition) is 25. The van der Waals surface area contributed by atoms with E-state index < -0.39 is 157 Å². The van der Waals surface area contributed by atoms with Crippen LogP contribution in [0.4, 0.5) is 0 Å². The third kappa shape index (κ3) is 26.3. The van der Waals surface area contributed by atoms with E-state index in [1.807, 2.05) is 0 Å². The first-order valence-electron chi connectivity index (χ1n) is 36.5. The number of thiocarbonyl (C=S) groups is 1. The average Bonchev–Trinajstić information content (AvgIpc) is 1.65. The second kappa shape index (κ2) is 40.2. The maximum atomic E-state index is 11.9. The molecule has 0 spiro atoms. The molecule has 36 heteroatoms. The number of rotatable bonds is 22. The van der Waals surface area contributed by atoms with Gasteiger partial charge in [-0.15, -0.1) is 71.8 Å². The van der Waals surface area contributed by atoms with Crippen molar-refractivity contribution in [3.63, 3.8) is 0 Å². The number of hydrogen-bond donors (Lipinski definition) is 15. The fourth-order valence-electron chi connectivity index (χ4n) is 12.9. The highest BCUT2D eigenvalue weighted by Gasteiger charge is 2.51. The molecule has 0 aromatic rings. The number of aliphatic hydroxyl groups excluding tert-OH is 10. The summed E-state index contributed by atoms with van der Waals surface area (Å²) in [6, 6.07) is 0. The zero-order valence-electron chi connectivity index (χ0n) is 66.9. The zero-order valence-corrected chi connectivity index (χ0v) is 72.2. The van der Waals surface area contributed by atoms with Crippen LogP contribution in [0.1, 0.15) is 39.0 Å². The fourth-order valence-corrected chi connectivity index (χ4v) is 17.8. The van der Waals surface area contributed by atoms with Gasteiger partial charge >= 0.3 is 0 Å². The Morgan fingerprint density at radius 1 is 0.500 bits per heavy atom. The largest absolute Gasteiger partial charge is 0.391 e. The second-order valence-corrected chi connectivity index (χ2v) is 54.4. The molecule has 5 saturated heterocycles. The highest BCUT2D eigenvalue weighted by Crippen LogP contribution is 2.44. The van der Waals surface area contributed by atoms with Gasteiger partial charge in [0, 0.05) is 68.6 Å². The number of amides is 4. The lowest BCUT2D eigenvalue weighted by Crippen LogP contribution is -2.48. The molecule has 4 amide bonds. The molecule has 10 aliphatic rings. The SMILES string of the molecule is C=C1N(C)C(=O)C=CN1C1O[C@H](CCP(=C)(C)C)[C@@H](O)[C@H]1O.C=C1NC(=O)C(C#CC)=CN1C1O[C@H](CCP(=C)(C)C)[C@@H](O)[C@H]1O.C=C1NC(=O)C(CO)=CN1C1O[C@H](CCP(=C)(C)C)[C@@H](O)[C@H]1O.C=C1NC(=O)C=CN1C1O[C@H](CCP(=C)(C)C)[C@@H](O)[C@H]1OC.C=C1NC(=S)NC=C1C1O[C@H](CCP(=C)(C)C)[C@@H](O)[C@H]1O. The van der Waals surface area contributed by atoms with E-state index in [2.05, 4.69) is 169 Å². The van der Waals surface area contributed by atoms with Crippen LogP contribution in [0.2, 0.25) is 0 Å². The first kappa shape index (κ1) is 95.4. The van der Waals surface area contributed by atoms with Crippen LogP contribution in [0.25, 0.3) is 0 Å². The van der Waals surface area contributed by atoms with Crippen molar-refractivity contribution >= 4 is 107 Å². The van der Waals surface area contributed by atoms with Crippen LogP contribution >= 0.6 is 46.6 Å². The minimum atomic E-state index is -1.26. The van der Waals surface area contributed by atoms with E-state index >= 15 is 0 Å². The maximum Gasteiger partial charge on any atom is 0.266 e. The maximum absolute atomic E-state index is 11.9. The Bertz CT molecular complexity index is 4000. The first-order valence-corrected chi connectivity index (χ1v) is 52.2. The Hall–Kier alpha value is -5.41. The molecule has 20 atom stereocenters. The van der Waals surface area contributed by atoms with Gasteiger partial charge < -0.3 is 126 Å². The minimum Gasteiger partial charge on any atom is -0.391 e. The lowest BCUT2D eigenvalue weighted by molar-refractivity contribution is -0.128. The van der Waals surface area contributed by atoms with Crippen molar-refractivity contribution in [1.29, 1.82) is 0 Å². The lowest BCUT2D eigenvalue weighted by atomic mass is 9.99. The molecule has 0 radical (unpaired) electrons. The number of carbonyl (C=O) groups is 4. The van der Waals surface area contributed by atoms with Gasteiger partial charge in [0.2, 0.25) is 0 Å². The molecule has 0 saturated carbocycles. The molecule has 0 aromatic carbocycles. The molecule has 5 unspecified atom stereocenters. The molecule has 5 fully saturated rings. The highest BCUT2D eigenvalue weighted by molar-refractivity contribution is 7.80. The van der Waals surface area contributed by atoms with Crippen LogP contribution in [-0.2, 0) is 47.6 Å². The number of aliphatic hydroxyl groups is 10. The highest BCUT2D eigenvalue weighted by atomic mass is 32.1. The number of nitrogens with zero attached hydrogens (tertiary/aromatic N) is 5. The number of carbonyl (C=O) groups excluding carboxylic acids is 4. The summed E-state index contributed by atoms with van der Waals surface area (Å²) < 4.78 is 34.8. The number of nitrogens with one attached hydrogen (secondary N) is 5. The van der Waals surface area contributed by atoms with Gasteiger partial charge in [-0.1, -0.05) is 38.8 Å². The van der Waals surface area contributed by atoms with Crippen molar-refractivity contribution in [2.75, 3.05) is 118 Å². The Morgan fingerprint density at radius 3 is 1.29 bits per heavy atom.